The van der Waals surface area contributed by atoms with E-state index in [1.807, 2.05) is 84.3 Å². The Labute approximate surface area is 263 Å². The number of ether oxygens (including phenoxy) is 2. The molecular weight excluding hydrogens is 570 g/mol. The van der Waals surface area contributed by atoms with Gasteiger partial charge in [0.2, 0.25) is 0 Å². The molecule has 6 rings (SSSR count). The van der Waals surface area contributed by atoms with E-state index in [2.05, 4.69) is 27.4 Å². The van der Waals surface area contributed by atoms with Crippen molar-refractivity contribution in [1.29, 1.82) is 0 Å². The number of rotatable bonds is 9. The van der Waals surface area contributed by atoms with Gasteiger partial charge in [0.1, 0.15) is 0 Å². The molecule has 238 valence electrons. The van der Waals surface area contributed by atoms with E-state index in [0.29, 0.717) is 13.1 Å². The lowest BCUT2D eigenvalue weighted by atomic mass is 9.89. The average molecular weight is 614 g/mol. The van der Waals surface area contributed by atoms with Crippen LogP contribution < -0.4 is 16.3 Å². The monoisotopic (exact) mass is 613 g/mol. The number of hydrogen-bond acceptors (Lipinski definition) is 6. The Morgan fingerprint density at radius 3 is 2.33 bits per heavy atom. The molecule has 2 fully saturated rings. The Morgan fingerprint density at radius 1 is 0.933 bits per heavy atom. The molecule has 0 aliphatic carbocycles. The number of urea groups is 1. The fourth-order valence-electron chi connectivity index (χ4n) is 6.58. The number of benzene rings is 3. The van der Waals surface area contributed by atoms with Gasteiger partial charge in [-0.25, -0.2) is 9.59 Å². The van der Waals surface area contributed by atoms with Gasteiger partial charge >= 0.3 is 11.7 Å². The summed E-state index contributed by atoms with van der Waals surface area (Å²) < 4.78 is 15.2. The Bertz CT molecular complexity index is 1620. The molecule has 0 unspecified atom stereocenters. The number of amides is 2. The maximum Gasteiger partial charge on any atom is 0.326 e. The Hall–Kier alpha value is -3.96. The molecule has 0 bridgehead atoms. The van der Waals surface area contributed by atoms with Crippen molar-refractivity contribution in [3.05, 3.63) is 106 Å². The summed E-state index contributed by atoms with van der Waals surface area (Å²) in [4.78, 5) is 30.1. The van der Waals surface area contributed by atoms with Crippen molar-refractivity contribution in [2.75, 3.05) is 26.2 Å². The predicted molar refractivity (Wildman–Crippen MR) is 173 cm³/mol. The second-order valence-electron chi connectivity index (χ2n) is 12.1. The maximum absolute atomic E-state index is 12.8. The molecular formula is C35H43N5O5. The number of aliphatic hydroxyl groups is 1. The molecule has 2 amide bonds. The number of aromatic amines is 1. The molecule has 2 saturated heterocycles. The highest BCUT2D eigenvalue weighted by molar-refractivity contribution is 5.75. The van der Waals surface area contributed by atoms with Crippen molar-refractivity contribution in [3.63, 3.8) is 0 Å². The zero-order valence-electron chi connectivity index (χ0n) is 25.9. The zero-order valence-corrected chi connectivity index (χ0v) is 25.9. The summed E-state index contributed by atoms with van der Waals surface area (Å²) in [6, 6.07) is 23.8. The minimum absolute atomic E-state index is 0.00233. The minimum atomic E-state index is -0.554. The van der Waals surface area contributed by atoms with Crippen LogP contribution in [0, 0.1) is 5.92 Å². The van der Waals surface area contributed by atoms with Crippen LogP contribution in [0.2, 0.25) is 0 Å². The van der Waals surface area contributed by atoms with Gasteiger partial charge in [0, 0.05) is 50.2 Å². The molecule has 4 aromatic rings. The number of aromatic nitrogens is 2. The van der Waals surface area contributed by atoms with E-state index in [1.165, 1.54) is 0 Å². The third-order valence-corrected chi connectivity index (χ3v) is 9.15. The van der Waals surface area contributed by atoms with Gasteiger partial charge in [-0.05, 0) is 48.6 Å². The summed E-state index contributed by atoms with van der Waals surface area (Å²) in [7, 11) is 0. The van der Waals surface area contributed by atoms with Crippen LogP contribution in [-0.2, 0) is 22.6 Å². The van der Waals surface area contributed by atoms with Gasteiger partial charge in [-0.1, -0.05) is 67.6 Å². The first-order chi connectivity index (χ1) is 21.9. The van der Waals surface area contributed by atoms with Crippen LogP contribution in [0.1, 0.15) is 67.4 Å². The first-order valence-corrected chi connectivity index (χ1v) is 16.0. The van der Waals surface area contributed by atoms with Crippen LogP contribution in [0.25, 0.3) is 11.0 Å². The summed E-state index contributed by atoms with van der Waals surface area (Å²) >= 11 is 0. The van der Waals surface area contributed by atoms with E-state index in [-0.39, 0.29) is 42.5 Å². The Balaban J connectivity index is 1.16. The molecule has 2 aliphatic heterocycles. The maximum atomic E-state index is 12.8. The van der Waals surface area contributed by atoms with Crippen LogP contribution >= 0.6 is 0 Å². The van der Waals surface area contributed by atoms with E-state index in [0.717, 1.165) is 65.8 Å². The zero-order chi connectivity index (χ0) is 31.3. The average Bonchev–Trinajstić information content (AvgIpc) is 3.41. The Morgan fingerprint density at radius 2 is 1.62 bits per heavy atom. The fourth-order valence-corrected chi connectivity index (χ4v) is 6.58. The van der Waals surface area contributed by atoms with Gasteiger partial charge in [-0.2, -0.15) is 0 Å². The number of carbonyl (C=O) groups excluding carboxylic acids is 1. The van der Waals surface area contributed by atoms with Gasteiger partial charge in [-0.15, -0.1) is 0 Å². The number of fused-ring (bicyclic) bond motifs is 1. The third-order valence-electron chi connectivity index (χ3n) is 9.15. The van der Waals surface area contributed by atoms with Crippen molar-refractivity contribution in [3.8, 4) is 0 Å². The van der Waals surface area contributed by atoms with Crippen molar-refractivity contribution in [1.82, 2.24) is 25.1 Å². The second-order valence-corrected chi connectivity index (χ2v) is 12.1. The van der Waals surface area contributed by atoms with Crippen molar-refractivity contribution in [2.24, 2.45) is 5.92 Å². The fraction of sp³-hybridized carbons (Fsp3) is 0.429. The molecule has 45 heavy (non-hydrogen) atoms. The number of piperidine rings is 1. The molecule has 0 radical (unpaired) electrons. The summed E-state index contributed by atoms with van der Waals surface area (Å²) in [5.41, 5.74) is 5.62. The van der Waals surface area contributed by atoms with E-state index < -0.39 is 6.29 Å². The lowest BCUT2D eigenvalue weighted by molar-refractivity contribution is -0.276. The molecule has 1 aromatic heterocycles. The summed E-state index contributed by atoms with van der Waals surface area (Å²) in [5, 5.41) is 15.2. The Kier molecular flexibility index (Phi) is 9.65. The van der Waals surface area contributed by atoms with Gasteiger partial charge in [0.05, 0.1) is 29.8 Å². The van der Waals surface area contributed by atoms with Gasteiger partial charge in [0.25, 0.3) is 0 Å². The molecule has 0 spiro atoms. The van der Waals surface area contributed by atoms with Crippen LogP contribution in [0.5, 0.6) is 0 Å². The lowest BCUT2D eigenvalue weighted by Crippen LogP contribution is -2.47. The van der Waals surface area contributed by atoms with E-state index in [1.54, 1.807) is 0 Å². The molecule has 3 aromatic carbocycles. The van der Waals surface area contributed by atoms with Gasteiger partial charge < -0.3 is 35.1 Å². The van der Waals surface area contributed by atoms with Crippen LogP contribution in [-0.4, -0.2) is 57.9 Å². The second kappa shape index (κ2) is 14.0. The van der Waals surface area contributed by atoms with E-state index >= 15 is 0 Å². The quantitative estimate of drug-likeness (QED) is 0.216. The smallest absolute Gasteiger partial charge is 0.326 e. The highest BCUT2D eigenvalue weighted by Crippen LogP contribution is 2.42. The standard InChI is InChI=1S/C35H43N5O5/c1-3-36-34(42)37-20-24-8-14-27(15-9-24)33-44-31(23(2)32(45-33)26-12-10-25(22-41)11-13-26)21-39-18-16-28(17-19-39)40-30-7-5-4-6-29(30)38-35(40)43/h4-15,23,28,31-33,41H,3,16-22H2,1-2H3,(H,38,43)(H2,36,37,42)/t23-,31+,32+,33+/m1/s1. The largest absolute Gasteiger partial charge is 0.392 e. The third kappa shape index (κ3) is 6.99. The summed E-state index contributed by atoms with van der Waals surface area (Å²) in [5.74, 6) is 0.0794. The molecule has 10 nitrogen and oxygen atoms in total. The number of hydrogen-bond donors (Lipinski definition) is 4. The van der Waals surface area contributed by atoms with Gasteiger partial charge in [-0.3, -0.25) is 4.57 Å². The molecule has 4 N–H and O–H groups in total. The molecule has 2 aliphatic rings. The highest BCUT2D eigenvalue weighted by atomic mass is 16.7. The first kappa shape index (κ1) is 31.0. The number of carbonyl (C=O) groups is 1. The number of nitrogens with zero attached hydrogens (tertiary/aromatic N) is 2. The first-order valence-electron chi connectivity index (χ1n) is 16.0. The normalized spacial score (nSPS) is 22.8. The van der Waals surface area contributed by atoms with Crippen LogP contribution in [0.3, 0.4) is 0 Å². The van der Waals surface area contributed by atoms with Crippen LogP contribution in [0.15, 0.2) is 77.6 Å². The number of para-hydroxylation sites is 2. The number of aliphatic hydroxyl groups excluding tert-OH is 1. The summed E-state index contributed by atoms with van der Waals surface area (Å²) in [6.07, 6.45) is 0.948. The number of imidazole rings is 1. The van der Waals surface area contributed by atoms with Crippen molar-refractivity contribution in [2.45, 2.75) is 64.4 Å². The number of nitrogens with one attached hydrogen (secondary N) is 3. The SMILES string of the molecule is CCNC(=O)NCc1ccc([C@H]2O[C@@H](CN3CCC(n4c(=O)[nH]c5ccccc54)CC3)[C@@H](C)[C@@H](c3ccc(CO)cc3)O2)cc1. The topological polar surface area (TPSA) is 121 Å². The molecule has 4 atom stereocenters. The number of likely N-dealkylation sites (tertiary alicyclic amines) is 1. The molecule has 10 heteroatoms. The number of H-pyrrole nitrogens is 1. The molecule has 0 saturated carbocycles. The van der Waals surface area contributed by atoms with Crippen molar-refractivity contribution >= 4 is 17.1 Å². The predicted octanol–water partition coefficient (Wildman–Crippen LogP) is 4.77. The van der Waals surface area contributed by atoms with E-state index in [9.17, 15) is 14.7 Å². The highest BCUT2D eigenvalue weighted by Gasteiger charge is 2.39. The van der Waals surface area contributed by atoms with E-state index in [4.69, 9.17) is 9.47 Å². The lowest BCUT2D eigenvalue weighted by Gasteiger charge is -2.44. The van der Waals surface area contributed by atoms with Crippen molar-refractivity contribution < 1.29 is 19.4 Å². The van der Waals surface area contributed by atoms with Gasteiger partial charge in [0.15, 0.2) is 6.29 Å². The van der Waals surface area contributed by atoms with Crippen LogP contribution in [0.4, 0.5) is 4.79 Å². The minimum Gasteiger partial charge on any atom is -0.392 e. The summed E-state index contributed by atoms with van der Waals surface area (Å²) in [6.45, 7) is 7.57. The molecule has 3 heterocycles.